The van der Waals surface area contributed by atoms with Crippen molar-refractivity contribution in [3.05, 3.63) is 0 Å². The van der Waals surface area contributed by atoms with Gasteiger partial charge in [0.25, 0.3) is 0 Å². The number of hydrogen-bond donors (Lipinski definition) is 0. The van der Waals surface area contributed by atoms with E-state index in [0.29, 0.717) is 0 Å². The molecule has 0 aromatic rings. The van der Waals surface area contributed by atoms with Crippen LogP contribution in [0.4, 0.5) is 0 Å². The predicted octanol–water partition coefficient (Wildman–Crippen LogP) is 4.10. The SMILES string of the molecule is CC(C)N([O])O[Si](O[Si](C)(C)C)([Si](C)(C)C)[Si](C)(C)C. The normalized spacial score (nSPS) is 15.3. The molecular weight excluding hydrogens is 318 g/mol. The van der Waals surface area contributed by atoms with Crippen LogP contribution in [0.1, 0.15) is 13.8 Å². The van der Waals surface area contributed by atoms with Crippen molar-refractivity contribution >= 4 is 31.1 Å². The number of nitrogens with zero attached hydrogens (tertiary/aromatic N) is 1. The molecule has 1 radical (unpaired) electrons. The lowest BCUT2D eigenvalue weighted by Gasteiger charge is -2.51. The lowest BCUT2D eigenvalue weighted by Crippen LogP contribution is -2.78. The molecule has 8 heteroatoms. The molecule has 121 valence electrons. The van der Waals surface area contributed by atoms with Crippen LogP contribution >= 0.6 is 0 Å². The molecular formula is C12H34NO3Si4. The Morgan fingerprint density at radius 1 is 0.800 bits per heavy atom. The molecule has 0 saturated heterocycles. The van der Waals surface area contributed by atoms with Crippen LogP contribution < -0.4 is 0 Å². The van der Waals surface area contributed by atoms with E-state index in [1.807, 2.05) is 13.8 Å². The summed E-state index contributed by atoms with van der Waals surface area (Å²) in [6, 6.07) is -0.167. The third-order valence-electron chi connectivity index (χ3n) is 3.06. The van der Waals surface area contributed by atoms with Crippen LogP contribution in [0.5, 0.6) is 0 Å². The van der Waals surface area contributed by atoms with Gasteiger partial charge >= 0.3 is 7.60 Å². The van der Waals surface area contributed by atoms with Crippen molar-refractivity contribution in [1.82, 2.24) is 5.23 Å². The van der Waals surface area contributed by atoms with Crippen LogP contribution in [0.2, 0.25) is 58.9 Å². The van der Waals surface area contributed by atoms with Gasteiger partial charge in [0.1, 0.15) is 15.2 Å². The summed E-state index contributed by atoms with van der Waals surface area (Å²) in [4.78, 5) is 0. The summed E-state index contributed by atoms with van der Waals surface area (Å²) in [5, 5.41) is 13.1. The second-order valence-electron chi connectivity index (χ2n) is 8.80. The molecule has 0 N–H and O–H groups in total. The fourth-order valence-corrected chi connectivity index (χ4v) is 51.9. The minimum atomic E-state index is -2.51. The zero-order chi connectivity index (χ0) is 16.6. The first-order valence-electron chi connectivity index (χ1n) is 7.39. The first-order valence-corrected chi connectivity index (χ1v) is 21.6. The zero-order valence-electron chi connectivity index (χ0n) is 15.2. The average molecular weight is 353 g/mol. The first kappa shape index (κ1) is 20.7. The Hall–Kier alpha value is 0.708. The van der Waals surface area contributed by atoms with E-state index in [0.717, 1.165) is 5.23 Å². The van der Waals surface area contributed by atoms with E-state index in [-0.39, 0.29) is 6.04 Å². The first-order chi connectivity index (χ1) is 8.53. The molecule has 0 aliphatic carbocycles. The van der Waals surface area contributed by atoms with Gasteiger partial charge in [-0.05, 0) is 38.7 Å². The molecule has 0 bridgehead atoms. The third-order valence-corrected chi connectivity index (χ3v) is 38.8. The van der Waals surface area contributed by atoms with Crippen molar-refractivity contribution in [3.63, 3.8) is 0 Å². The Morgan fingerprint density at radius 3 is 1.35 bits per heavy atom. The molecule has 20 heavy (non-hydrogen) atoms. The van der Waals surface area contributed by atoms with Crippen LogP contribution in [0.25, 0.3) is 0 Å². The topological polar surface area (TPSA) is 41.6 Å². The molecule has 0 aliphatic rings. The molecule has 0 fully saturated rings. The van der Waals surface area contributed by atoms with Gasteiger partial charge in [-0.25, -0.2) is 0 Å². The Labute approximate surface area is 129 Å². The summed E-state index contributed by atoms with van der Waals surface area (Å²) in [6.07, 6.45) is 0. The second kappa shape index (κ2) is 6.45. The molecule has 0 unspecified atom stereocenters. The van der Waals surface area contributed by atoms with Gasteiger partial charge < -0.3 is 4.12 Å². The van der Waals surface area contributed by atoms with E-state index >= 15 is 0 Å². The Kier molecular flexibility index (Phi) is 6.68. The maximum absolute atomic E-state index is 12.2. The average Bonchev–Trinajstić information content (AvgIpc) is 2.10. The molecule has 4 nitrogen and oxygen atoms in total. The van der Waals surface area contributed by atoms with Gasteiger partial charge in [0.05, 0.1) is 6.04 Å². The molecule has 0 aromatic heterocycles. The van der Waals surface area contributed by atoms with Crippen LogP contribution in [-0.4, -0.2) is 42.4 Å². The molecule has 0 spiro atoms. The number of hydrogen-bond acceptors (Lipinski definition) is 3. The van der Waals surface area contributed by atoms with Crippen molar-refractivity contribution in [2.75, 3.05) is 0 Å². The second-order valence-corrected chi connectivity index (χ2v) is 38.7. The van der Waals surface area contributed by atoms with Gasteiger partial charge in [0, 0.05) is 0 Å². The van der Waals surface area contributed by atoms with Crippen LogP contribution in [0.15, 0.2) is 0 Å². The smallest absolute Gasteiger partial charge is 0.310 e. The molecule has 0 atom stereocenters. The quantitative estimate of drug-likeness (QED) is 0.511. The van der Waals surface area contributed by atoms with Crippen molar-refractivity contribution < 1.29 is 13.8 Å². The van der Waals surface area contributed by atoms with Gasteiger partial charge in [-0.15, -0.1) is 0 Å². The summed E-state index contributed by atoms with van der Waals surface area (Å²) >= 11 is 0. The number of rotatable bonds is 7. The molecule has 0 aromatic carbocycles. The van der Waals surface area contributed by atoms with E-state index < -0.39 is 31.1 Å². The molecule has 0 amide bonds. The summed E-state index contributed by atoms with van der Waals surface area (Å²) in [5.74, 6) is 0. The highest BCUT2D eigenvalue weighted by molar-refractivity contribution is 7.65. The molecule has 0 heterocycles. The third kappa shape index (κ3) is 5.16. The standard InChI is InChI=1S/C12H34NO3Si4/c1-12(2)13(14)15-20(18(6,7)8,19(9,10)11)16-17(3,4)5/h12H,1-11H3. The van der Waals surface area contributed by atoms with Crippen LogP contribution in [-0.2, 0) is 13.8 Å². The maximum atomic E-state index is 12.2. The largest absolute Gasteiger partial charge is 0.440 e. The Bertz CT molecular complexity index is 304. The van der Waals surface area contributed by atoms with Crippen LogP contribution in [0.3, 0.4) is 0 Å². The Balaban J connectivity index is 5.83. The number of hydroxylamine groups is 2. The van der Waals surface area contributed by atoms with Crippen LogP contribution in [0, 0.1) is 0 Å². The van der Waals surface area contributed by atoms with Crippen molar-refractivity contribution in [2.24, 2.45) is 0 Å². The fraction of sp³-hybridized carbons (Fsp3) is 1.00. The van der Waals surface area contributed by atoms with Gasteiger partial charge in [-0.3, -0.25) is 4.53 Å². The minimum absolute atomic E-state index is 0.167. The van der Waals surface area contributed by atoms with E-state index in [9.17, 15) is 5.21 Å². The molecule has 0 saturated carbocycles. The lowest BCUT2D eigenvalue weighted by molar-refractivity contribution is -0.352. The maximum Gasteiger partial charge on any atom is 0.310 e. The van der Waals surface area contributed by atoms with Gasteiger partial charge in [-0.1, -0.05) is 44.5 Å². The summed E-state index contributed by atoms with van der Waals surface area (Å²) in [6.45, 7) is 24.1. The zero-order valence-corrected chi connectivity index (χ0v) is 19.2. The highest BCUT2D eigenvalue weighted by atomic mass is 29.7. The van der Waals surface area contributed by atoms with Gasteiger partial charge in [-0.2, -0.15) is 0 Å². The predicted molar refractivity (Wildman–Crippen MR) is 95.6 cm³/mol. The molecule has 0 aliphatic heterocycles. The van der Waals surface area contributed by atoms with E-state index in [1.54, 1.807) is 0 Å². The van der Waals surface area contributed by atoms with Crippen molar-refractivity contribution in [2.45, 2.75) is 78.8 Å². The van der Waals surface area contributed by atoms with E-state index in [1.165, 1.54) is 0 Å². The van der Waals surface area contributed by atoms with Gasteiger partial charge in [0.15, 0.2) is 8.32 Å². The van der Waals surface area contributed by atoms with Gasteiger partial charge in [0.2, 0.25) is 0 Å². The summed E-state index contributed by atoms with van der Waals surface area (Å²) in [7, 11) is -7.76. The highest BCUT2D eigenvalue weighted by Crippen LogP contribution is 2.34. The van der Waals surface area contributed by atoms with E-state index in [2.05, 4.69) is 58.9 Å². The minimum Gasteiger partial charge on any atom is -0.440 e. The van der Waals surface area contributed by atoms with Crippen molar-refractivity contribution in [3.8, 4) is 0 Å². The molecule has 0 rings (SSSR count). The summed E-state index contributed by atoms with van der Waals surface area (Å²) < 4.78 is 12.9. The van der Waals surface area contributed by atoms with E-state index in [4.69, 9.17) is 8.64 Å². The highest BCUT2D eigenvalue weighted by Gasteiger charge is 2.62. The Morgan fingerprint density at radius 2 is 1.15 bits per heavy atom. The lowest BCUT2D eigenvalue weighted by atomic mass is 10.4. The monoisotopic (exact) mass is 352 g/mol. The summed E-state index contributed by atoms with van der Waals surface area (Å²) in [5.41, 5.74) is 0. The fourth-order valence-electron chi connectivity index (χ4n) is 2.39. The van der Waals surface area contributed by atoms with Crippen molar-refractivity contribution in [1.29, 1.82) is 0 Å².